The molecule has 0 aromatic rings. The van der Waals surface area contributed by atoms with Crippen LogP contribution in [0.5, 0.6) is 0 Å². The Balaban J connectivity index is 2.50. The summed E-state index contributed by atoms with van der Waals surface area (Å²) in [6.45, 7) is 11.6. The highest BCUT2D eigenvalue weighted by molar-refractivity contribution is 5.96. The van der Waals surface area contributed by atoms with Crippen molar-refractivity contribution in [1.82, 2.24) is 25.8 Å². The van der Waals surface area contributed by atoms with Gasteiger partial charge < -0.3 is 40.0 Å². The van der Waals surface area contributed by atoms with Crippen LogP contribution in [-0.2, 0) is 43.0 Å². The molecule has 0 spiro atoms. The molecule has 2 unspecified atom stereocenters. The van der Waals surface area contributed by atoms with Crippen molar-refractivity contribution < 1.29 is 43.0 Å². The molecule has 0 aliphatic carbocycles. The van der Waals surface area contributed by atoms with Gasteiger partial charge in [-0.25, -0.2) is 0 Å². The average molecular weight is 1060 g/mol. The fraction of sp³-hybridized carbons (Fsp3) is 0.902. The molecular weight excluding hydrogens is 947 g/mol. The van der Waals surface area contributed by atoms with Crippen molar-refractivity contribution in [3.8, 4) is 0 Å². The number of carbonyl (C=O) groups is 6. The van der Waals surface area contributed by atoms with Crippen LogP contribution in [0.1, 0.15) is 278 Å². The Hall–Kier alpha value is -3.26. The van der Waals surface area contributed by atoms with Gasteiger partial charge in [-0.2, -0.15) is 0 Å². The molecule has 0 aromatic heterocycles. The van der Waals surface area contributed by atoms with E-state index in [9.17, 15) is 28.8 Å². The second kappa shape index (κ2) is 51.5. The van der Waals surface area contributed by atoms with Crippen LogP contribution in [-0.4, -0.2) is 124 Å². The predicted molar refractivity (Wildman–Crippen MR) is 305 cm³/mol. The maximum Gasteiger partial charge on any atom is 0.307 e. The highest BCUT2D eigenvalue weighted by Gasteiger charge is 2.33. The average Bonchev–Trinajstić information content (AvgIpc) is 3.40. The maximum atomic E-state index is 13.2. The number of hydrogen-bond acceptors (Lipinski definition) is 11. The monoisotopic (exact) mass is 1060 g/mol. The molecule has 0 radical (unpaired) electrons. The molecular formula is C61H115N5O9. The summed E-state index contributed by atoms with van der Waals surface area (Å²) >= 11 is 0. The molecule has 14 heteroatoms. The van der Waals surface area contributed by atoms with Crippen LogP contribution in [0.3, 0.4) is 0 Å². The number of esters is 3. The minimum absolute atomic E-state index is 0.0262. The van der Waals surface area contributed by atoms with Gasteiger partial charge in [-0.15, -0.1) is 0 Å². The molecule has 0 saturated carbocycles. The topological polar surface area (TPSA) is 173 Å². The van der Waals surface area contributed by atoms with Gasteiger partial charge in [-0.05, 0) is 70.9 Å². The SMILES string of the molecule is CCCCCCCCCCCCNC(=O)CCN(CCCCC1NC(=O)C(CCCCN(CCC(=O)OC)CCC(=O)OCCCCCCCCCCCC)NC1=O)CCC(=O)OCCCCCCCCCCCC. The Kier molecular flexibility index (Phi) is 47.9. The van der Waals surface area contributed by atoms with Crippen LogP contribution in [0.15, 0.2) is 0 Å². The molecule has 3 N–H and O–H groups in total. The summed E-state index contributed by atoms with van der Waals surface area (Å²) < 4.78 is 16.0. The van der Waals surface area contributed by atoms with E-state index in [1.807, 2.05) is 0 Å². The van der Waals surface area contributed by atoms with Crippen molar-refractivity contribution in [2.75, 3.05) is 66.1 Å². The highest BCUT2D eigenvalue weighted by atomic mass is 16.5. The number of carbonyl (C=O) groups excluding carboxylic acids is 6. The lowest BCUT2D eigenvalue weighted by Gasteiger charge is -2.30. The molecule has 1 heterocycles. The first kappa shape index (κ1) is 69.8. The minimum Gasteiger partial charge on any atom is -0.469 e. The largest absolute Gasteiger partial charge is 0.469 e. The Morgan fingerprint density at radius 1 is 0.400 bits per heavy atom. The summed E-state index contributed by atoms with van der Waals surface area (Å²) in [5, 5.41) is 8.99. The van der Waals surface area contributed by atoms with Gasteiger partial charge in [0.05, 0.1) is 39.6 Å². The van der Waals surface area contributed by atoms with E-state index in [0.717, 1.165) is 51.4 Å². The zero-order valence-electron chi connectivity index (χ0n) is 48.9. The molecule has 438 valence electrons. The molecule has 0 aromatic carbocycles. The summed E-state index contributed by atoms with van der Waals surface area (Å²) in [7, 11) is 1.37. The number of nitrogens with zero attached hydrogens (tertiary/aromatic N) is 2. The van der Waals surface area contributed by atoms with E-state index in [1.165, 1.54) is 161 Å². The summed E-state index contributed by atoms with van der Waals surface area (Å²) in [6.07, 6.45) is 41.9. The minimum atomic E-state index is -0.616. The van der Waals surface area contributed by atoms with Crippen molar-refractivity contribution in [3.05, 3.63) is 0 Å². The normalized spacial score (nSPS) is 14.5. The molecule has 1 fully saturated rings. The first-order valence-corrected chi connectivity index (χ1v) is 31.3. The van der Waals surface area contributed by atoms with Crippen molar-refractivity contribution in [2.24, 2.45) is 0 Å². The van der Waals surface area contributed by atoms with Crippen molar-refractivity contribution >= 4 is 35.6 Å². The quantitative estimate of drug-likeness (QED) is 0.0301. The van der Waals surface area contributed by atoms with Gasteiger partial charge in [0.1, 0.15) is 12.1 Å². The zero-order chi connectivity index (χ0) is 54.7. The number of nitrogens with one attached hydrogen (secondary N) is 3. The van der Waals surface area contributed by atoms with Crippen LogP contribution >= 0.6 is 0 Å². The molecule has 3 amide bonds. The van der Waals surface area contributed by atoms with Crippen molar-refractivity contribution in [2.45, 2.75) is 290 Å². The number of methoxy groups -OCH3 is 1. The maximum absolute atomic E-state index is 13.2. The first-order valence-electron chi connectivity index (χ1n) is 31.3. The van der Waals surface area contributed by atoms with Gasteiger partial charge in [-0.1, -0.05) is 194 Å². The number of piperazine rings is 1. The van der Waals surface area contributed by atoms with Crippen LogP contribution in [0.4, 0.5) is 0 Å². The summed E-state index contributed by atoms with van der Waals surface area (Å²) in [6, 6.07) is -1.23. The lowest BCUT2D eigenvalue weighted by molar-refractivity contribution is -0.145. The second-order valence-corrected chi connectivity index (χ2v) is 21.7. The van der Waals surface area contributed by atoms with Gasteiger partial charge in [-0.3, -0.25) is 28.8 Å². The summed E-state index contributed by atoms with van der Waals surface area (Å²) in [5.74, 6) is -1.09. The molecule has 75 heavy (non-hydrogen) atoms. The first-order chi connectivity index (χ1) is 36.6. The number of hydrogen-bond donors (Lipinski definition) is 3. The summed E-state index contributed by atoms with van der Waals surface area (Å²) in [5.41, 5.74) is 0. The van der Waals surface area contributed by atoms with E-state index in [1.54, 1.807) is 0 Å². The van der Waals surface area contributed by atoms with Crippen LogP contribution in [0.2, 0.25) is 0 Å². The van der Waals surface area contributed by atoms with Gasteiger partial charge in [0, 0.05) is 39.1 Å². The van der Waals surface area contributed by atoms with Crippen LogP contribution in [0.25, 0.3) is 0 Å². The number of ether oxygens (including phenoxy) is 3. The lowest BCUT2D eigenvalue weighted by Crippen LogP contribution is -2.61. The number of rotatable bonds is 55. The van der Waals surface area contributed by atoms with E-state index in [4.69, 9.17) is 14.2 Å². The van der Waals surface area contributed by atoms with Crippen molar-refractivity contribution in [3.63, 3.8) is 0 Å². The van der Waals surface area contributed by atoms with Gasteiger partial charge in [0.15, 0.2) is 0 Å². The van der Waals surface area contributed by atoms with Gasteiger partial charge >= 0.3 is 17.9 Å². The predicted octanol–water partition coefficient (Wildman–Crippen LogP) is 12.6. The molecule has 0 bridgehead atoms. The van der Waals surface area contributed by atoms with Crippen LogP contribution in [0, 0.1) is 0 Å². The molecule has 14 nitrogen and oxygen atoms in total. The third-order valence-corrected chi connectivity index (χ3v) is 14.9. The van der Waals surface area contributed by atoms with E-state index in [-0.39, 0.29) is 54.9 Å². The zero-order valence-corrected chi connectivity index (χ0v) is 48.9. The van der Waals surface area contributed by atoms with E-state index < -0.39 is 12.1 Å². The van der Waals surface area contributed by atoms with Crippen molar-refractivity contribution in [1.29, 1.82) is 0 Å². The Morgan fingerprint density at radius 3 is 1.08 bits per heavy atom. The molecule has 2 atom stereocenters. The number of unbranched alkanes of at least 4 members (excludes halogenated alkanes) is 29. The Bertz CT molecular complexity index is 1380. The standard InChI is InChI=1S/C61H115N5O9/c1-5-8-11-14-17-20-23-26-29-34-45-62-56(67)41-48-65(50-43-58(69)74-52-37-30-27-24-21-18-15-12-9-6-2)46-35-32-39-54-60(71)64-55(61(72)63-54)40-33-36-47-66(49-42-57(68)73-4)51-44-59(70)75-53-38-31-28-25-22-19-16-13-10-7-3/h54-55H,5-53H2,1-4H3,(H,62,67)(H,63,72)(H,64,71). The Morgan fingerprint density at radius 2 is 0.720 bits per heavy atom. The Labute approximate surface area is 458 Å². The molecule has 1 rings (SSSR count). The van der Waals surface area contributed by atoms with Gasteiger partial charge in [0.25, 0.3) is 0 Å². The highest BCUT2D eigenvalue weighted by Crippen LogP contribution is 2.16. The fourth-order valence-corrected chi connectivity index (χ4v) is 9.85. The third kappa shape index (κ3) is 43.4. The van der Waals surface area contributed by atoms with Crippen LogP contribution < -0.4 is 16.0 Å². The smallest absolute Gasteiger partial charge is 0.307 e. The number of amides is 3. The molecule has 1 aliphatic rings. The third-order valence-electron chi connectivity index (χ3n) is 14.9. The van der Waals surface area contributed by atoms with Gasteiger partial charge in [0.2, 0.25) is 17.7 Å². The molecule has 1 aliphatic heterocycles. The molecule has 1 saturated heterocycles. The second-order valence-electron chi connectivity index (χ2n) is 21.7. The van der Waals surface area contributed by atoms with E-state index in [0.29, 0.717) is 91.1 Å². The summed E-state index contributed by atoms with van der Waals surface area (Å²) in [4.78, 5) is 80.7. The van der Waals surface area contributed by atoms with E-state index in [2.05, 4.69) is 46.5 Å². The van der Waals surface area contributed by atoms with E-state index >= 15 is 0 Å². The fourth-order valence-electron chi connectivity index (χ4n) is 9.85. The lowest BCUT2D eigenvalue weighted by atomic mass is 10.0.